The van der Waals surface area contributed by atoms with E-state index in [0.29, 0.717) is 17.0 Å². The first-order chi connectivity index (χ1) is 17.8. The van der Waals surface area contributed by atoms with E-state index in [-0.39, 0.29) is 29.8 Å². The van der Waals surface area contributed by atoms with E-state index in [2.05, 4.69) is 30.0 Å². The Bertz CT molecular complexity index is 1500. The molecule has 0 spiro atoms. The van der Waals surface area contributed by atoms with E-state index < -0.39 is 29.2 Å². The maximum absolute atomic E-state index is 13.0. The smallest absolute Gasteiger partial charge is 0.319 e. The highest BCUT2D eigenvalue weighted by Crippen LogP contribution is 2.40. The van der Waals surface area contributed by atoms with E-state index in [1.54, 1.807) is 6.07 Å². The van der Waals surface area contributed by atoms with Crippen molar-refractivity contribution in [1.82, 2.24) is 20.4 Å². The number of aliphatic carboxylic acids is 1. The van der Waals surface area contributed by atoms with Crippen molar-refractivity contribution in [3.05, 3.63) is 53.8 Å². The Morgan fingerprint density at radius 1 is 1.35 bits per heavy atom. The maximum Gasteiger partial charge on any atom is 0.319 e. The predicted octanol–water partition coefficient (Wildman–Crippen LogP) is -1.87. The number of carbonyl (C=O) groups is 3. The topological polar surface area (TPSA) is 206 Å². The third kappa shape index (κ3) is 4.40. The average Bonchev–Trinajstić information content (AvgIpc) is 3.30. The van der Waals surface area contributed by atoms with E-state index >= 15 is 0 Å². The Hall–Kier alpha value is -4.66. The number of carbonyl (C=O) groups excluding carboxylic acids is 3. The van der Waals surface area contributed by atoms with Crippen LogP contribution >= 0.6 is 11.8 Å². The zero-order valence-corrected chi connectivity index (χ0v) is 20.1. The molecule has 15 heteroatoms. The predicted molar refractivity (Wildman–Crippen MR) is 128 cm³/mol. The second kappa shape index (κ2) is 9.42. The van der Waals surface area contributed by atoms with Crippen molar-refractivity contribution in [3.8, 4) is 0 Å². The van der Waals surface area contributed by atoms with Gasteiger partial charge in [0, 0.05) is 28.5 Å². The van der Waals surface area contributed by atoms with Gasteiger partial charge in [-0.05, 0) is 17.5 Å². The molecule has 1 fully saturated rings. The first-order valence-electron chi connectivity index (χ1n) is 10.8. The Balaban J connectivity index is 1.36. The van der Waals surface area contributed by atoms with Gasteiger partial charge in [-0.2, -0.15) is 4.98 Å². The van der Waals surface area contributed by atoms with Crippen LogP contribution in [0.1, 0.15) is 5.82 Å². The van der Waals surface area contributed by atoms with Crippen LogP contribution in [-0.2, 0) is 25.8 Å². The lowest BCUT2D eigenvalue weighted by molar-refractivity contribution is -0.687. The number of amides is 2. The highest BCUT2D eigenvalue weighted by Gasteiger charge is 2.53. The number of anilines is 2. The molecule has 0 radical (unpaired) electrons. The van der Waals surface area contributed by atoms with Gasteiger partial charge in [-0.3, -0.25) is 14.5 Å². The Labute approximate surface area is 212 Å². The molecule has 1 saturated heterocycles. The van der Waals surface area contributed by atoms with Crippen LogP contribution in [0.5, 0.6) is 0 Å². The Morgan fingerprint density at radius 3 is 2.86 bits per heavy atom. The minimum atomic E-state index is -1.48. The molecule has 5 rings (SSSR count). The number of thioether (sulfide) groups is 1. The molecule has 2 atom stereocenters. The van der Waals surface area contributed by atoms with Gasteiger partial charge >= 0.3 is 6.01 Å². The number of carboxylic acid groups (broad SMARTS) is 1. The summed E-state index contributed by atoms with van der Waals surface area (Å²) in [4.78, 5) is 47.4. The normalized spacial score (nSPS) is 19.4. The lowest BCUT2D eigenvalue weighted by Gasteiger charge is -2.50. The van der Waals surface area contributed by atoms with Crippen LogP contribution in [0.25, 0.3) is 10.8 Å². The van der Waals surface area contributed by atoms with Crippen LogP contribution in [0.3, 0.4) is 0 Å². The van der Waals surface area contributed by atoms with Crippen molar-refractivity contribution in [2.45, 2.75) is 18.0 Å². The standard InChI is InChI=1S/C22H20N8O6S/c1-35-27-14(17-26-22(24)36-28-17)18(31)25-15-19(32)30-16(21(33)34)12(9-37-20(15)30)8-29-5-4-10-2-3-13(23)6-11(10)7-29/h2-7,15,20H,8-9,23H2,1H3,(H3-,24,25,26,28,31,33,34)/b27-14-/t15?,20-/m1/s1. The molecule has 14 nitrogen and oxygen atoms in total. The van der Waals surface area contributed by atoms with E-state index in [0.717, 1.165) is 15.7 Å². The number of hydrogen-bond donors (Lipinski definition) is 3. The summed E-state index contributed by atoms with van der Waals surface area (Å²) in [6.45, 7) is 0.221. The number of pyridine rings is 1. The molecule has 1 unspecified atom stereocenters. The highest BCUT2D eigenvalue weighted by atomic mass is 32.2. The zero-order chi connectivity index (χ0) is 26.3. The molecule has 5 N–H and O–H groups in total. The fourth-order valence-corrected chi connectivity index (χ4v) is 5.52. The molecule has 1 aromatic carbocycles. The van der Waals surface area contributed by atoms with Gasteiger partial charge in [0.05, 0.1) is 11.7 Å². The molecular weight excluding hydrogens is 504 g/mol. The number of carboxylic acids is 1. The van der Waals surface area contributed by atoms with Crippen molar-refractivity contribution in [3.63, 3.8) is 0 Å². The number of hydrogen-bond acceptors (Lipinski definition) is 12. The highest BCUT2D eigenvalue weighted by molar-refractivity contribution is 8.00. The first kappa shape index (κ1) is 24.1. The summed E-state index contributed by atoms with van der Waals surface area (Å²) in [7, 11) is 1.21. The van der Waals surface area contributed by atoms with Crippen LogP contribution in [0, 0.1) is 0 Å². The molecule has 190 valence electrons. The molecule has 0 aliphatic carbocycles. The van der Waals surface area contributed by atoms with Crippen molar-refractivity contribution in [2.24, 2.45) is 5.16 Å². The number of nitrogens with two attached hydrogens (primary N) is 2. The first-order valence-corrected chi connectivity index (χ1v) is 11.9. The minimum absolute atomic E-state index is 0.212. The van der Waals surface area contributed by atoms with Crippen LogP contribution in [0.15, 0.2) is 57.6 Å². The quantitative estimate of drug-likeness (QED) is 0.103. The van der Waals surface area contributed by atoms with Crippen molar-refractivity contribution < 1.29 is 33.4 Å². The van der Waals surface area contributed by atoms with Gasteiger partial charge in [0.25, 0.3) is 11.8 Å². The lowest BCUT2D eigenvalue weighted by Crippen LogP contribution is -2.71. The number of β-lactam (4-membered cyclic amide) rings is 1. The van der Waals surface area contributed by atoms with Crippen molar-refractivity contribution >= 4 is 57.7 Å². The van der Waals surface area contributed by atoms with Gasteiger partial charge in [0.15, 0.2) is 18.9 Å². The number of oxime groups is 1. The molecule has 2 amide bonds. The van der Waals surface area contributed by atoms with Crippen molar-refractivity contribution in [2.75, 3.05) is 24.3 Å². The van der Waals surface area contributed by atoms with E-state index in [1.165, 1.54) is 18.9 Å². The SMILES string of the molecule is CO/N=C(\C(=O)NC1C(=O)N2C(C(=O)[O-])=C(C[n+]3ccc4ccc(N)cc4c3)CS[C@H]12)c1noc(N)n1. The monoisotopic (exact) mass is 524 g/mol. The van der Waals surface area contributed by atoms with Crippen LogP contribution in [0.2, 0.25) is 0 Å². The van der Waals surface area contributed by atoms with Gasteiger partial charge in [-0.25, -0.2) is 4.57 Å². The number of fused-ring (bicyclic) bond motifs is 2. The number of benzene rings is 1. The molecule has 0 bridgehead atoms. The Morgan fingerprint density at radius 2 is 2.16 bits per heavy atom. The summed E-state index contributed by atoms with van der Waals surface area (Å²) in [5.74, 6) is -2.84. The van der Waals surface area contributed by atoms with Gasteiger partial charge in [-0.1, -0.05) is 16.4 Å². The number of nitrogens with zero attached hydrogens (tertiary/aromatic N) is 5. The van der Waals surface area contributed by atoms with Gasteiger partial charge in [0.1, 0.15) is 18.5 Å². The van der Waals surface area contributed by atoms with E-state index in [4.69, 9.17) is 11.5 Å². The summed E-state index contributed by atoms with van der Waals surface area (Å²) >= 11 is 1.31. The third-order valence-electron chi connectivity index (χ3n) is 5.81. The fourth-order valence-electron chi connectivity index (χ4n) is 4.18. The molecule has 37 heavy (non-hydrogen) atoms. The second-order valence-corrected chi connectivity index (χ2v) is 9.29. The number of nitrogens with one attached hydrogen (secondary N) is 1. The number of aromatic nitrogens is 3. The molecule has 2 aromatic heterocycles. The average molecular weight is 525 g/mol. The van der Waals surface area contributed by atoms with Gasteiger partial charge in [0.2, 0.25) is 11.5 Å². The minimum Gasteiger partial charge on any atom is -0.543 e. The largest absolute Gasteiger partial charge is 0.543 e. The van der Waals surface area contributed by atoms with E-state index in [1.807, 2.05) is 35.2 Å². The maximum atomic E-state index is 13.0. The molecular formula is C22H20N8O6S. The van der Waals surface area contributed by atoms with E-state index in [9.17, 15) is 19.5 Å². The summed E-state index contributed by atoms with van der Waals surface area (Å²) in [5, 5.41) is 23.0. The summed E-state index contributed by atoms with van der Waals surface area (Å²) in [5.41, 5.74) is 11.8. The zero-order valence-electron chi connectivity index (χ0n) is 19.3. The number of nitrogen functional groups attached to an aromatic ring is 2. The summed E-state index contributed by atoms with van der Waals surface area (Å²) < 4.78 is 6.47. The lowest BCUT2D eigenvalue weighted by atomic mass is 10.0. The Kier molecular flexibility index (Phi) is 6.12. The van der Waals surface area contributed by atoms with Crippen LogP contribution in [0.4, 0.5) is 11.7 Å². The second-order valence-electron chi connectivity index (χ2n) is 8.18. The van der Waals surface area contributed by atoms with Crippen molar-refractivity contribution in [1.29, 1.82) is 0 Å². The van der Waals surface area contributed by atoms with Gasteiger partial charge in [-0.15, -0.1) is 11.8 Å². The van der Waals surface area contributed by atoms with Crippen LogP contribution in [-0.4, -0.2) is 62.8 Å². The summed E-state index contributed by atoms with van der Waals surface area (Å²) in [6, 6.07) is 6.10. The summed E-state index contributed by atoms with van der Waals surface area (Å²) in [6.07, 6.45) is 3.67. The number of rotatable bonds is 7. The van der Waals surface area contributed by atoms with Gasteiger partial charge < -0.3 is 36.0 Å². The molecule has 3 aromatic rings. The van der Waals surface area contributed by atoms with Crippen LogP contribution < -0.4 is 26.5 Å². The molecule has 0 saturated carbocycles. The third-order valence-corrected chi connectivity index (χ3v) is 7.15. The fraction of sp³-hybridized carbons (Fsp3) is 0.227. The molecule has 4 heterocycles. The molecule has 2 aliphatic rings. The molecule has 2 aliphatic heterocycles.